The fourth-order valence-electron chi connectivity index (χ4n) is 5.44. The highest BCUT2D eigenvalue weighted by Crippen LogP contribution is 2.55. The van der Waals surface area contributed by atoms with Gasteiger partial charge in [-0.25, -0.2) is 9.69 Å². The van der Waals surface area contributed by atoms with E-state index in [9.17, 15) is 24.0 Å². The van der Waals surface area contributed by atoms with E-state index < -0.39 is 45.6 Å². The van der Waals surface area contributed by atoms with E-state index in [2.05, 4.69) is 5.32 Å². The van der Waals surface area contributed by atoms with Gasteiger partial charge in [-0.2, -0.15) is 0 Å². The smallest absolute Gasteiger partial charge is 0.338 e. The van der Waals surface area contributed by atoms with Gasteiger partial charge in [0, 0.05) is 21.5 Å². The maximum Gasteiger partial charge on any atom is 0.338 e. The molecule has 3 amide bonds. The van der Waals surface area contributed by atoms with Crippen LogP contribution in [0.3, 0.4) is 0 Å². The van der Waals surface area contributed by atoms with Gasteiger partial charge in [-0.3, -0.25) is 23.7 Å². The quantitative estimate of drug-likeness (QED) is 0.173. The van der Waals surface area contributed by atoms with Crippen molar-refractivity contribution in [3.8, 4) is 0 Å². The predicted octanol–water partition coefficient (Wildman–Crippen LogP) is 6.48. The number of ether oxygens (including phenoxy) is 1. The highest BCUT2D eigenvalue weighted by atomic mass is 35.5. The van der Waals surface area contributed by atoms with Gasteiger partial charge >= 0.3 is 10.8 Å². The van der Waals surface area contributed by atoms with E-state index in [1.54, 1.807) is 61.5 Å². The second kappa shape index (κ2) is 12.6. The van der Waals surface area contributed by atoms with Gasteiger partial charge in [0.15, 0.2) is 0 Å². The number of imide groups is 1. The monoisotopic (exact) mass is 701 g/mol. The lowest BCUT2D eigenvalue weighted by molar-refractivity contribution is -0.122. The van der Waals surface area contributed by atoms with Crippen molar-refractivity contribution >= 4 is 93.0 Å². The minimum atomic E-state index is -0.903. The van der Waals surface area contributed by atoms with Crippen LogP contribution in [-0.4, -0.2) is 40.1 Å². The Morgan fingerprint density at radius 1 is 0.933 bits per heavy atom. The van der Waals surface area contributed by atoms with E-state index in [-0.39, 0.29) is 23.2 Å². The van der Waals surface area contributed by atoms with E-state index in [0.717, 1.165) is 28.0 Å². The Morgan fingerprint density at radius 2 is 1.64 bits per heavy atom. The Balaban J connectivity index is 1.36. The first-order valence-electron chi connectivity index (χ1n) is 13.6. The average Bonchev–Trinajstić information content (AvgIpc) is 3.46. The summed E-state index contributed by atoms with van der Waals surface area (Å²) < 4.78 is 6.29. The van der Waals surface area contributed by atoms with Crippen LogP contribution in [0, 0.1) is 5.92 Å². The summed E-state index contributed by atoms with van der Waals surface area (Å²) >= 11 is 21.1. The maximum atomic E-state index is 14.0. The molecule has 2 unspecified atom stereocenters. The molecule has 2 aliphatic heterocycles. The molecule has 3 aromatic carbocycles. The highest BCUT2D eigenvalue weighted by Gasteiger charge is 2.57. The molecule has 3 heterocycles. The molecule has 1 saturated heterocycles. The van der Waals surface area contributed by atoms with Crippen LogP contribution < -0.4 is 15.1 Å². The van der Waals surface area contributed by atoms with E-state index in [0.29, 0.717) is 37.4 Å². The molecule has 2 aliphatic rings. The Kier molecular flexibility index (Phi) is 8.82. The lowest BCUT2D eigenvalue weighted by atomic mass is 9.83. The third-order valence-electron chi connectivity index (χ3n) is 7.43. The molecule has 0 spiro atoms. The van der Waals surface area contributed by atoms with Crippen molar-refractivity contribution in [2.45, 2.75) is 29.7 Å². The van der Waals surface area contributed by atoms with Crippen LogP contribution >= 0.6 is 57.9 Å². The maximum absolute atomic E-state index is 14.0. The number of nitrogens with one attached hydrogen (secondary N) is 1. The molecule has 45 heavy (non-hydrogen) atoms. The molecular weight excluding hydrogens is 681 g/mol. The molecule has 1 fully saturated rings. The third-order valence-corrected chi connectivity index (χ3v) is 11.1. The van der Waals surface area contributed by atoms with E-state index in [1.807, 2.05) is 0 Å². The molecule has 0 aliphatic carbocycles. The molecule has 4 aromatic rings. The molecule has 1 aromatic heterocycles. The molecule has 0 bridgehead atoms. The number of esters is 1. The summed E-state index contributed by atoms with van der Waals surface area (Å²) in [5.41, 5.74) is 1.61. The van der Waals surface area contributed by atoms with Crippen molar-refractivity contribution in [3.63, 3.8) is 0 Å². The van der Waals surface area contributed by atoms with Gasteiger partial charge in [-0.05, 0) is 67.1 Å². The Labute approximate surface area is 280 Å². The summed E-state index contributed by atoms with van der Waals surface area (Å²) in [6, 6.07) is 17.6. The van der Waals surface area contributed by atoms with Crippen molar-refractivity contribution in [3.05, 3.63) is 107 Å². The van der Waals surface area contributed by atoms with Crippen molar-refractivity contribution in [2.75, 3.05) is 16.8 Å². The summed E-state index contributed by atoms with van der Waals surface area (Å²) in [4.78, 5) is 67.6. The number of thiazole rings is 1. The molecule has 0 saturated carbocycles. The first-order chi connectivity index (χ1) is 21.6. The lowest BCUT2D eigenvalue weighted by Gasteiger charge is -2.31. The zero-order valence-corrected chi connectivity index (χ0v) is 27.2. The lowest BCUT2D eigenvalue weighted by Crippen LogP contribution is -2.33. The first kappa shape index (κ1) is 31.4. The molecule has 14 heteroatoms. The number of rotatable bonds is 7. The average molecular weight is 703 g/mol. The number of halogens is 3. The molecule has 3 atom stereocenters. The van der Waals surface area contributed by atoms with Crippen molar-refractivity contribution in [2.24, 2.45) is 5.92 Å². The van der Waals surface area contributed by atoms with Crippen molar-refractivity contribution < 1.29 is 23.9 Å². The number of hydrogen-bond donors (Lipinski definition) is 1. The minimum Gasteiger partial charge on any atom is -0.462 e. The van der Waals surface area contributed by atoms with Gasteiger partial charge in [0.2, 0.25) is 17.7 Å². The number of benzene rings is 3. The van der Waals surface area contributed by atoms with Gasteiger partial charge < -0.3 is 10.1 Å². The number of nitrogens with zero attached hydrogens (tertiary/aromatic N) is 2. The van der Waals surface area contributed by atoms with Crippen LogP contribution in [0.2, 0.25) is 15.1 Å². The summed E-state index contributed by atoms with van der Waals surface area (Å²) in [7, 11) is 0. The Morgan fingerprint density at radius 3 is 2.33 bits per heavy atom. The molecule has 0 radical (unpaired) electrons. The highest BCUT2D eigenvalue weighted by molar-refractivity contribution is 8.00. The fraction of sp³-hybridized carbons (Fsp3) is 0.194. The second-order valence-electron chi connectivity index (χ2n) is 10.1. The molecular formula is C31H22Cl3N3O6S2. The summed E-state index contributed by atoms with van der Waals surface area (Å²) in [6.45, 7) is 1.59. The number of carbonyl (C=O) groups is 4. The second-order valence-corrected chi connectivity index (χ2v) is 13.5. The molecule has 9 nitrogen and oxygen atoms in total. The van der Waals surface area contributed by atoms with Gasteiger partial charge in [-0.1, -0.05) is 70.0 Å². The standard InChI is InChI=1S/C31H22Cl3N3O6S2/c1-2-43-30(41)15-6-10-17(11-7-15)35-21(38)14-36-29-26(45-31(36)42)22(19-4-3-5-20(33)24(19)34)23-25(44-29)28(40)37(27(23)39)18-12-8-16(32)9-13-18/h3-13,22-23,25H,2,14H2,1H3,(H,35,38)/t22-,23?,25?/m1/s1. The number of thioether (sulfide) groups is 1. The number of carbonyl (C=O) groups excluding carboxylic acids is 4. The summed E-state index contributed by atoms with van der Waals surface area (Å²) in [5, 5.41) is 3.15. The van der Waals surface area contributed by atoms with Crippen LogP contribution in [-0.2, 0) is 25.7 Å². The summed E-state index contributed by atoms with van der Waals surface area (Å²) in [6.07, 6.45) is 0. The van der Waals surface area contributed by atoms with E-state index >= 15 is 0 Å². The minimum absolute atomic E-state index is 0.211. The van der Waals surface area contributed by atoms with Crippen LogP contribution in [0.4, 0.5) is 11.4 Å². The zero-order valence-electron chi connectivity index (χ0n) is 23.3. The van der Waals surface area contributed by atoms with Crippen LogP contribution in [0.15, 0.2) is 76.6 Å². The van der Waals surface area contributed by atoms with E-state index in [4.69, 9.17) is 39.5 Å². The number of hydrogen-bond acceptors (Lipinski definition) is 8. The molecule has 230 valence electrons. The van der Waals surface area contributed by atoms with Crippen LogP contribution in [0.1, 0.15) is 33.6 Å². The largest absolute Gasteiger partial charge is 0.462 e. The SMILES string of the molecule is CCOC(=O)c1ccc(NC(=O)Cn2c3c(sc2=O)[C@H](c2cccc(Cl)c2Cl)C2C(=O)N(c4ccc(Cl)cc4)C(=O)C2S3)cc1. The van der Waals surface area contributed by atoms with Crippen LogP contribution in [0.5, 0.6) is 0 Å². The Bertz CT molecular complexity index is 1910. The first-order valence-corrected chi connectivity index (χ1v) is 16.5. The Hall–Kier alpha value is -3.61. The number of aromatic nitrogens is 1. The van der Waals surface area contributed by atoms with Gasteiger partial charge in [0.1, 0.15) is 11.8 Å². The zero-order chi connectivity index (χ0) is 32.0. The number of fused-ring (bicyclic) bond motifs is 2. The van der Waals surface area contributed by atoms with Gasteiger partial charge in [0.05, 0.1) is 38.8 Å². The van der Waals surface area contributed by atoms with Gasteiger partial charge in [-0.15, -0.1) is 0 Å². The van der Waals surface area contributed by atoms with Crippen LogP contribution in [0.25, 0.3) is 0 Å². The van der Waals surface area contributed by atoms with Crippen molar-refractivity contribution in [1.29, 1.82) is 0 Å². The molecule has 6 rings (SSSR count). The fourth-order valence-corrected chi connectivity index (χ4v) is 8.76. The van der Waals surface area contributed by atoms with Gasteiger partial charge in [0.25, 0.3) is 0 Å². The number of anilines is 2. The normalized spacial score (nSPS) is 18.8. The molecule has 1 N–H and O–H groups in total. The topological polar surface area (TPSA) is 115 Å². The van der Waals surface area contributed by atoms with E-state index in [1.165, 1.54) is 16.7 Å². The number of amides is 3. The summed E-state index contributed by atoms with van der Waals surface area (Å²) in [5.74, 6) is -3.54. The van der Waals surface area contributed by atoms with Crippen molar-refractivity contribution in [1.82, 2.24) is 4.57 Å². The third kappa shape index (κ3) is 5.79. The predicted molar refractivity (Wildman–Crippen MR) is 175 cm³/mol.